The van der Waals surface area contributed by atoms with Crippen LogP contribution in [-0.4, -0.2) is 27.8 Å². The number of aliphatic hydroxyl groups is 1. The Labute approximate surface area is 110 Å². The minimum Gasteiger partial charge on any atom is -0.384 e. The van der Waals surface area contributed by atoms with Crippen molar-refractivity contribution in [3.63, 3.8) is 0 Å². The fourth-order valence-electron chi connectivity index (χ4n) is 1.65. The molecule has 5 heteroatoms. The fraction of sp³-hybridized carbons (Fsp3) is 0.143. The molecule has 0 saturated heterocycles. The number of H-pyrrole nitrogens is 1. The van der Waals surface area contributed by atoms with Crippen molar-refractivity contribution in [3.8, 4) is 11.8 Å². The quantitative estimate of drug-likeness (QED) is 0.708. The summed E-state index contributed by atoms with van der Waals surface area (Å²) in [7, 11) is 0. The number of aromatic amines is 1. The number of aliphatic hydroxyl groups excluding tert-OH is 1. The summed E-state index contributed by atoms with van der Waals surface area (Å²) in [5, 5.41) is 17.8. The first kappa shape index (κ1) is 12.9. The number of anilines is 1. The lowest BCUT2D eigenvalue weighted by Gasteiger charge is -2.05. The van der Waals surface area contributed by atoms with Gasteiger partial charge in [0.05, 0.1) is 11.8 Å². The standard InChI is InChI=1S/C14H13N3O2/c1-10-5-11(3-2-4-18)7-13(6-10)17-14(19)12-8-15-16-9-12/h5-9,18H,4H2,1H3,(H,15,16)(H,17,19). The molecule has 0 aliphatic carbocycles. The van der Waals surface area contributed by atoms with Crippen LogP contribution < -0.4 is 5.32 Å². The lowest BCUT2D eigenvalue weighted by Crippen LogP contribution is -2.11. The molecule has 3 N–H and O–H groups in total. The second kappa shape index (κ2) is 5.85. The van der Waals surface area contributed by atoms with Crippen molar-refractivity contribution >= 4 is 11.6 Å². The lowest BCUT2D eigenvalue weighted by molar-refractivity contribution is 0.102. The Morgan fingerprint density at radius 1 is 1.47 bits per heavy atom. The van der Waals surface area contributed by atoms with Gasteiger partial charge in [0.25, 0.3) is 5.91 Å². The average Bonchev–Trinajstić information content (AvgIpc) is 2.89. The van der Waals surface area contributed by atoms with E-state index in [4.69, 9.17) is 5.11 Å². The molecule has 0 atom stereocenters. The molecule has 96 valence electrons. The molecule has 0 radical (unpaired) electrons. The van der Waals surface area contributed by atoms with Gasteiger partial charge in [0.2, 0.25) is 0 Å². The number of aryl methyl sites for hydroxylation is 1. The smallest absolute Gasteiger partial charge is 0.258 e. The highest BCUT2D eigenvalue weighted by Gasteiger charge is 2.07. The van der Waals surface area contributed by atoms with Crippen molar-refractivity contribution in [1.29, 1.82) is 0 Å². The number of nitrogens with one attached hydrogen (secondary N) is 2. The maximum absolute atomic E-state index is 11.9. The molecule has 19 heavy (non-hydrogen) atoms. The van der Waals surface area contributed by atoms with E-state index >= 15 is 0 Å². The van der Waals surface area contributed by atoms with Crippen LogP contribution in [0.4, 0.5) is 5.69 Å². The van der Waals surface area contributed by atoms with Crippen LogP contribution in [0.1, 0.15) is 21.5 Å². The first-order chi connectivity index (χ1) is 9.19. The molecule has 1 heterocycles. The Morgan fingerprint density at radius 2 is 2.32 bits per heavy atom. The molecular weight excluding hydrogens is 242 g/mol. The van der Waals surface area contributed by atoms with Gasteiger partial charge in [-0.15, -0.1) is 0 Å². The minimum absolute atomic E-state index is 0.190. The van der Waals surface area contributed by atoms with E-state index in [9.17, 15) is 4.79 Å². The number of hydrogen-bond donors (Lipinski definition) is 3. The highest BCUT2D eigenvalue weighted by molar-refractivity contribution is 6.04. The van der Waals surface area contributed by atoms with Crippen molar-refractivity contribution in [1.82, 2.24) is 10.2 Å². The first-order valence-corrected chi connectivity index (χ1v) is 5.70. The molecule has 0 aliphatic rings. The van der Waals surface area contributed by atoms with Gasteiger partial charge in [-0.3, -0.25) is 9.89 Å². The van der Waals surface area contributed by atoms with E-state index < -0.39 is 0 Å². The Bertz CT molecular complexity index is 636. The summed E-state index contributed by atoms with van der Waals surface area (Å²) in [6.07, 6.45) is 2.98. The Balaban J connectivity index is 2.20. The maximum atomic E-state index is 11.9. The van der Waals surface area contributed by atoms with Gasteiger partial charge in [0, 0.05) is 17.4 Å². The van der Waals surface area contributed by atoms with E-state index in [0.29, 0.717) is 11.3 Å². The third-order valence-electron chi connectivity index (χ3n) is 2.41. The van der Waals surface area contributed by atoms with Gasteiger partial charge in [0.15, 0.2) is 0 Å². The molecule has 1 aromatic carbocycles. The van der Waals surface area contributed by atoms with Crippen LogP contribution in [0.15, 0.2) is 30.6 Å². The molecule has 1 amide bonds. The molecule has 5 nitrogen and oxygen atoms in total. The molecular formula is C14H13N3O2. The normalized spacial score (nSPS) is 9.58. The second-order valence-electron chi connectivity index (χ2n) is 3.99. The molecule has 1 aromatic heterocycles. The number of carbonyl (C=O) groups excluding carboxylic acids is 1. The lowest BCUT2D eigenvalue weighted by atomic mass is 10.1. The van der Waals surface area contributed by atoms with E-state index in [1.54, 1.807) is 6.07 Å². The number of nitrogens with zero attached hydrogens (tertiary/aromatic N) is 1. The van der Waals surface area contributed by atoms with E-state index in [2.05, 4.69) is 27.4 Å². The van der Waals surface area contributed by atoms with Gasteiger partial charge < -0.3 is 10.4 Å². The predicted octanol–water partition coefficient (Wildman–Crippen LogP) is 1.31. The van der Waals surface area contributed by atoms with E-state index in [0.717, 1.165) is 11.1 Å². The van der Waals surface area contributed by atoms with Gasteiger partial charge in [-0.25, -0.2) is 0 Å². The zero-order chi connectivity index (χ0) is 13.7. The van der Waals surface area contributed by atoms with Crippen LogP contribution in [0.5, 0.6) is 0 Å². The summed E-state index contributed by atoms with van der Waals surface area (Å²) in [6, 6.07) is 5.49. The number of carbonyl (C=O) groups is 1. The van der Waals surface area contributed by atoms with Gasteiger partial charge >= 0.3 is 0 Å². The molecule has 0 unspecified atom stereocenters. The van der Waals surface area contributed by atoms with Gasteiger partial charge in [0.1, 0.15) is 6.61 Å². The molecule has 0 aliphatic heterocycles. The molecule has 2 aromatic rings. The Hall–Kier alpha value is -2.58. The summed E-state index contributed by atoms with van der Waals surface area (Å²) >= 11 is 0. The Morgan fingerprint density at radius 3 is 3.00 bits per heavy atom. The zero-order valence-electron chi connectivity index (χ0n) is 10.4. The van der Waals surface area contributed by atoms with Crippen molar-refractivity contribution in [2.24, 2.45) is 0 Å². The summed E-state index contributed by atoms with van der Waals surface area (Å²) in [6.45, 7) is 1.72. The highest BCUT2D eigenvalue weighted by atomic mass is 16.2. The van der Waals surface area contributed by atoms with Crippen molar-refractivity contribution in [2.45, 2.75) is 6.92 Å². The molecule has 2 rings (SSSR count). The van der Waals surface area contributed by atoms with Gasteiger partial charge in [-0.05, 0) is 30.7 Å². The van der Waals surface area contributed by atoms with Crippen LogP contribution in [0, 0.1) is 18.8 Å². The summed E-state index contributed by atoms with van der Waals surface area (Å²) in [4.78, 5) is 11.9. The van der Waals surface area contributed by atoms with E-state index in [1.807, 2.05) is 19.1 Å². The molecule has 0 saturated carbocycles. The second-order valence-corrected chi connectivity index (χ2v) is 3.99. The number of aromatic nitrogens is 2. The first-order valence-electron chi connectivity index (χ1n) is 5.70. The predicted molar refractivity (Wildman–Crippen MR) is 71.7 cm³/mol. The zero-order valence-corrected chi connectivity index (χ0v) is 10.4. The Kier molecular flexibility index (Phi) is 3.96. The molecule has 0 bridgehead atoms. The number of benzene rings is 1. The highest BCUT2D eigenvalue weighted by Crippen LogP contribution is 2.15. The van der Waals surface area contributed by atoms with E-state index in [1.165, 1.54) is 12.4 Å². The van der Waals surface area contributed by atoms with Crippen molar-refractivity contribution in [2.75, 3.05) is 11.9 Å². The SMILES string of the molecule is Cc1cc(C#CCO)cc(NC(=O)c2cn[nH]c2)c1. The van der Waals surface area contributed by atoms with Crippen molar-refractivity contribution < 1.29 is 9.90 Å². The third kappa shape index (κ3) is 3.44. The maximum Gasteiger partial charge on any atom is 0.258 e. The fourth-order valence-corrected chi connectivity index (χ4v) is 1.65. The topological polar surface area (TPSA) is 78.0 Å². The van der Waals surface area contributed by atoms with Crippen LogP contribution in [0.2, 0.25) is 0 Å². The van der Waals surface area contributed by atoms with Gasteiger partial charge in [-0.1, -0.05) is 11.8 Å². The molecule has 0 fully saturated rings. The van der Waals surface area contributed by atoms with E-state index in [-0.39, 0.29) is 12.5 Å². The number of rotatable bonds is 2. The van der Waals surface area contributed by atoms with Crippen LogP contribution in [0.25, 0.3) is 0 Å². The van der Waals surface area contributed by atoms with Crippen LogP contribution in [0.3, 0.4) is 0 Å². The third-order valence-corrected chi connectivity index (χ3v) is 2.41. The van der Waals surface area contributed by atoms with Crippen LogP contribution in [-0.2, 0) is 0 Å². The number of hydrogen-bond acceptors (Lipinski definition) is 3. The van der Waals surface area contributed by atoms with Crippen LogP contribution >= 0.6 is 0 Å². The minimum atomic E-state index is -0.236. The summed E-state index contributed by atoms with van der Waals surface area (Å²) < 4.78 is 0. The van der Waals surface area contributed by atoms with Crippen molar-refractivity contribution in [3.05, 3.63) is 47.3 Å². The molecule has 0 spiro atoms. The van der Waals surface area contributed by atoms with Gasteiger partial charge in [-0.2, -0.15) is 5.10 Å². The largest absolute Gasteiger partial charge is 0.384 e. The summed E-state index contributed by atoms with van der Waals surface area (Å²) in [5.41, 5.74) is 2.85. The average molecular weight is 255 g/mol. The number of amides is 1. The monoisotopic (exact) mass is 255 g/mol. The summed E-state index contributed by atoms with van der Waals surface area (Å²) in [5.74, 6) is 5.16.